The standard InChI is InChI=1S/C13H17N3O/c1-2-3-4-5-6-13(17)16-12-8-7-11(9-14)10-15-12/h7-8,10H,2-6H2,1H3,(H,15,16,17). The van der Waals surface area contributed by atoms with E-state index in [0.29, 0.717) is 17.8 Å². The van der Waals surface area contributed by atoms with E-state index >= 15 is 0 Å². The lowest BCUT2D eigenvalue weighted by atomic mass is 10.1. The van der Waals surface area contributed by atoms with Crippen LogP contribution in [0.2, 0.25) is 0 Å². The topological polar surface area (TPSA) is 65.8 Å². The van der Waals surface area contributed by atoms with Crippen LogP contribution in [0.4, 0.5) is 5.82 Å². The van der Waals surface area contributed by atoms with Gasteiger partial charge >= 0.3 is 0 Å². The third-order valence-corrected chi connectivity index (χ3v) is 2.42. The summed E-state index contributed by atoms with van der Waals surface area (Å²) in [4.78, 5) is 15.5. The third kappa shape index (κ3) is 5.12. The van der Waals surface area contributed by atoms with Gasteiger partial charge in [-0.3, -0.25) is 4.79 Å². The molecule has 0 aliphatic heterocycles. The van der Waals surface area contributed by atoms with Crippen LogP contribution in [0.15, 0.2) is 18.3 Å². The molecule has 0 spiro atoms. The van der Waals surface area contributed by atoms with Crippen molar-refractivity contribution in [3.05, 3.63) is 23.9 Å². The van der Waals surface area contributed by atoms with Crippen LogP contribution in [0.3, 0.4) is 0 Å². The number of nitrogens with zero attached hydrogens (tertiary/aromatic N) is 2. The number of amides is 1. The number of carbonyl (C=O) groups excluding carboxylic acids is 1. The van der Waals surface area contributed by atoms with Crippen molar-refractivity contribution in [2.45, 2.75) is 39.0 Å². The molecule has 90 valence electrons. The summed E-state index contributed by atoms with van der Waals surface area (Å²) in [6, 6.07) is 5.26. The Bertz CT molecular complexity index is 392. The van der Waals surface area contributed by atoms with Gasteiger partial charge in [0.05, 0.1) is 5.56 Å². The van der Waals surface area contributed by atoms with E-state index in [0.717, 1.165) is 12.8 Å². The van der Waals surface area contributed by atoms with E-state index in [1.54, 1.807) is 12.1 Å². The van der Waals surface area contributed by atoms with Crippen molar-refractivity contribution in [1.29, 1.82) is 5.26 Å². The van der Waals surface area contributed by atoms with Gasteiger partial charge in [0, 0.05) is 12.6 Å². The Balaban J connectivity index is 2.32. The van der Waals surface area contributed by atoms with Gasteiger partial charge in [-0.2, -0.15) is 5.26 Å². The Labute approximate surface area is 102 Å². The maximum atomic E-state index is 11.5. The molecule has 17 heavy (non-hydrogen) atoms. The van der Waals surface area contributed by atoms with E-state index in [-0.39, 0.29) is 5.91 Å². The molecular weight excluding hydrogens is 214 g/mol. The summed E-state index contributed by atoms with van der Waals surface area (Å²) in [6.45, 7) is 2.14. The molecule has 1 N–H and O–H groups in total. The van der Waals surface area contributed by atoms with Gasteiger partial charge in [0.15, 0.2) is 0 Å². The first-order valence-corrected chi connectivity index (χ1v) is 5.92. The number of carbonyl (C=O) groups is 1. The van der Waals surface area contributed by atoms with Crippen molar-refractivity contribution in [3.8, 4) is 6.07 Å². The highest BCUT2D eigenvalue weighted by atomic mass is 16.1. The van der Waals surface area contributed by atoms with Crippen molar-refractivity contribution < 1.29 is 4.79 Å². The average Bonchev–Trinajstić information content (AvgIpc) is 2.36. The van der Waals surface area contributed by atoms with Crippen LogP contribution in [-0.2, 0) is 4.79 Å². The number of pyridine rings is 1. The van der Waals surface area contributed by atoms with E-state index < -0.39 is 0 Å². The number of nitriles is 1. The molecule has 0 saturated carbocycles. The first kappa shape index (κ1) is 13.2. The summed E-state index contributed by atoms with van der Waals surface area (Å²) in [5.74, 6) is 0.489. The minimum atomic E-state index is -0.0155. The van der Waals surface area contributed by atoms with Crippen LogP contribution in [-0.4, -0.2) is 10.9 Å². The number of rotatable bonds is 6. The molecule has 0 aliphatic rings. The van der Waals surface area contributed by atoms with E-state index in [1.807, 2.05) is 6.07 Å². The quantitative estimate of drug-likeness (QED) is 0.765. The highest BCUT2D eigenvalue weighted by Crippen LogP contribution is 2.07. The molecule has 0 atom stereocenters. The summed E-state index contributed by atoms with van der Waals surface area (Å²) in [7, 11) is 0. The van der Waals surface area contributed by atoms with Crippen LogP contribution >= 0.6 is 0 Å². The lowest BCUT2D eigenvalue weighted by molar-refractivity contribution is -0.116. The van der Waals surface area contributed by atoms with Crippen molar-refractivity contribution in [1.82, 2.24) is 4.98 Å². The monoisotopic (exact) mass is 231 g/mol. The molecule has 0 fully saturated rings. The average molecular weight is 231 g/mol. The zero-order valence-electron chi connectivity index (χ0n) is 10.1. The van der Waals surface area contributed by atoms with Crippen LogP contribution < -0.4 is 5.32 Å². The minimum Gasteiger partial charge on any atom is -0.311 e. The second-order valence-corrected chi connectivity index (χ2v) is 3.90. The smallest absolute Gasteiger partial charge is 0.225 e. The number of anilines is 1. The molecule has 1 aromatic heterocycles. The van der Waals surface area contributed by atoms with Crippen molar-refractivity contribution in [2.75, 3.05) is 5.32 Å². The molecule has 0 bridgehead atoms. The Morgan fingerprint density at radius 3 is 2.82 bits per heavy atom. The summed E-state index contributed by atoms with van der Waals surface area (Å²) in [5, 5.41) is 11.3. The maximum Gasteiger partial charge on any atom is 0.225 e. The number of aromatic nitrogens is 1. The fourth-order valence-electron chi connectivity index (χ4n) is 1.45. The van der Waals surface area contributed by atoms with Crippen LogP contribution in [0, 0.1) is 11.3 Å². The maximum absolute atomic E-state index is 11.5. The van der Waals surface area contributed by atoms with Gasteiger partial charge in [-0.15, -0.1) is 0 Å². The summed E-state index contributed by atoms with van der Waals surface area (Å²) < 4.78 is 0. The Hall–Kier alpha value is -1.89. The van der Waals surface area contributed by atoms with E-state index in [1.165, 1.54) is 19.0 Å². The first-order chi connectivity index (χ1) is 8.26. The predicted molar refractivity (Wildman–Crippen MR) is 66.3 cm³/mol. The van der Waals surface area contributed by atoms with Gasteiger partial charge in [-0.25, -0.2) is 4.98 Å². The molecule has 1 amide bonds. The van der Waals surface area contributed by atoms with Gasteiger partial charge in [0.1, 0.15) is 11.9 Å². The largest absolute Gasteiger partial charge is 0.311 e. The normalized spacial score (nSPS) is 9.65. The van der Waals surface area contributed by atoms with Gasteiger partial charge in [-0.1, -0.05) is 26.2 Å². The molecule has 1 heterocycles. The second-order valence-electron chi connectivity index (χ2n) is 3.90. The highest BCUT2D eigenvalue weighted by molar-refractivity contribution is 5.89. The molecule has 1 rings (SSSR count). The molecule has 4 heteroatoms. The second kappa shape index (κ2) is 7.39. The van der Waals surface area contributed by atoms with Crippen molar-refractivity contribution >= 4 is 11.7 Å². The van der Waals surface area contributed by atoms with E-state index in [2.05, 4.69) is 17.2 Å². The Morgan fingerprint density at radius 2 is 2.24 bits per heavy atom. The molecule has 0 aromatic carbocycles. The molecular formula is C13H17N3O. The Morgan fingerprint density at radius 1 is 1.41 bits per heavy atom. The lowest BCUT2D eigenvalue weighted by Gasteiger charge is -2.03. The minimum absolute atomic E-state index is 0.0155. The molecule has 0 radical (unpaired) electrons. The summed E-state index contributed by atoms with van der Waals surface area (Å²) >= 11 is 0. The van der Waals surface area contributed by atoms with Crippen molar-refractivity contribution in [2.24, 2.45) is 0 Å². The zero-order valence-corrected chi connectivity index (χ0v) is 10.1. The highest BCUT2D eigenvalue weighted by Gasteiger charge is 2.02. The fourth-order valence-corrected chi connectivity index (χ4v) is 1.45. The fraction of sp³-hybridized carbons (Fsp3) is 0.462. The first-order valence-electron chi connectivity index (χ1n) is 5.92. The number of unbranched alkanes of at least 4 members (excludes halogenated alkanes) is 3. The van der Waals surface area contributed by atoms with Gasteiger partial charge in [0.25, 0.3) is 0 Å². The van der Waals surface area contributed by atoms with E-state index in [4.69, 9.17) is 5.26 Å². The summed E-state index contributed by atoms with van der Waals surface area (Å²) in [5.41, 5.74) is 0.492. The van der Waals surface area contributed by atoms with Crippen LogP contribution in [0.25, 0.3) is 0 Å². The molecule has 0 saturated heterocycles. The predicted octanol–water partition coefficient (Wildman–Crippen LogP) is 2.86. The van der Waals surface area contributed by atoms with Crippen LogP contribution in [0.1, 0.15) is 44.6 Å². The van der Waals surface area contributed by atoms with E-state index in [9.17, 15) is 4.79 Å². The van der Waals surface area contributed by atoms with Gasteiger partial charge in [-0.05, 0) is 18.6 Å². The Kier molecular flexibility index (Phi) is 5.73. The summed E-state index contributed by atoms with van der Waals surface area (Å²) in [6.07, 6.45) is 6.32. The number of hydrogen-bond acceptors (Lipinski definition) is 3. The lowest BCUT2D eigenvalue weighted by Crippen LogP contribution is -2.12. The number of hydrogen-bond donors (Lipinski definition) is 1. The number of nitrogens with one attached hydrogen (secondary N) is 1. The molecule has 0 unspecified atom stereocenters. The van der Waals surface area contributed by atoms with Gasteiger partial charge < -0.3 is 5.32 Å². The van der Waals surface area contributed by atoms with Crippen molar-refractivity contribution in [3.63, 3.8) is 0 Å². The van der Waals surface area contributed by atoms with Crippen LogP contribution in [0.5, 0.6) is 0 Å². The SMILES string of the molecule is CCCCCCC(=O)Nc1ccc(C#N)cn1. The molecule has 1 aromatic rings. The van der Waals surface area contributed by atoms with Gasteiger partial charge in [0.2, 0.25) is 5.91 Å². The zero-order chi connectivity index (χ0) is 12.5. The third-order valence-electron chi connectivity index (χ3n) is 2.42. The molecule has 4 nitrogen and oxygen atoms in total. The molecule has 0 aliphatic carbocycles.